The van der Waals surface area contributed by atoms with Gasteiger partial charge < -0.3 is 30.0 Å². The number of carboxylic acids is 1. The van der Waals surface area contributed by atoms with E-state index in [-0.39, 0.29) is 25.2 Å². The van der Waals surface area contributed by atoms with Crippen LogP contribution in [0.3, 0.4) is 0 Å². The van der Waals surface area contributed by atoms with Gasteiger partial charge in [0.15, 0.2) is 0 Å². The molecule has 0 fully saturated rings. The summed E-state index contributed by atoms with van der Waals surface area (Å²) in [5.74, 6) is -0.622. The lowest BCUT2D eigenvalue weighted by atomic mass is 10.0. The van der Waals surface area contributed by atoms with E-state index in [4.69, 9.17) is 19.3 Å². The van der Waals surface area contributed by atoms with Crippen molar-refractivity contribution in [1.29, 1.82) is 0 Å². The standard InChI is InChI=1S/C26H32N2O8/c1-3-6-22(25(31)32)28-26(33)36-23(35-17-29)7-4-5-16-27-24(30)20-10-8-18(9-11-20)19-12-14-21(34-2)15-13-19/h8-15,17,22-23H,3-7,16H2,1-2H3,(H,27,30)(H,28,33)(H,31,32)/t22-,23-/m0/s1. The Morgan fingerprint density at radius 3 is 2.17 bits per heavy atom. The lowest BCUT2D eigenvalue weighted by molar-refractivity contribution is -0.154. The van der Waals surface area contributed by atoms with E-state index in [9.17, 15) is 19.2 Å². The Bertz CT molecular complexity index is 992. The van der Waals surface area contributed by atoms with Gasteiger partial charge in [-0.1, -0.05) is 37.6 Å². The van der Waals surface area contributed by atoms with Crippen LogP contribution in [0.25, 0.3) is 11.1 Å². The molecule has 2 aromatic rings. The Kier molecular flexibility index (Phi) is 11.8. The molecule has 194 valence electrons. The van der Waals surface area contributed by atoms with Gasteiger partial charge in [0.25, 0.3) is 12.4 Å². The number of amides is 2. The smallest absolute Gasteiger partial charge is 0.410 e. The number of hydrogen-bond acceptors (Lipinski definition) is 7. The molecule has 0 heterocycles. The number of carboxylic acid groups (broad SMARTS) is 1. The Morgan fingerprint density at radius 2 is 1.61 bits per heavy atom. The van der Waals surface area contributed by atoms with Crippen LogP contribution in [0.2, 0.25) is 0 Å². The first kappa shape index (κ1) is 28.2. The highest BCUT2D eigenvalue weighted by Crippen LogP contribution is 2.22. The number of ether oxygens (including phenoxy) is 3. The highest BCUT2D eigenvalue weighted by atomic mass is 16.7. The van der Waals surface area contributed by atoms with Crippen LogP contribution in [0.15, 0.2) is 48.5 Å². The molecule has 0 radical (unpaired) electrons. The summed E-state index contributed by atoms with van der Waals surface area (Å²) >= 11 is 0. The number of nitrogens with one attached hydrogen (secondary N) is 2. The third-order valence-corrected chi connectivity index (χ3v) is 5.34. The molecule has 0 bridgehead atoms. The molecule has 0 saturated heterocycles. The SMILES string of the molecule is CCC[C@H](NC(=O)O[C@@H](CCCCNC(=O)c1ccc(-c2ccc(OC)cc2)cc1)OC=O)C(=O)O. The average Bonchev–Trinajstić information content (AvgIpc) is 2.88. The van der Waals surface area contributed by atoms with E-state index in [1.165, 1.54) is 0 Å². The Morgan fingerprint density at radius 1 is 0.972 bits per heavy atom. The third-order valence-electron chi connectivity index (χ3n) is 5.34. The van der Waals surface area contributed by atoms with Crippen LogP contribution in [0.4, 0.5) is 4.79 Å². The number of rotatable bonds is 15. The zero-order valence-corrected chi connectivity index (χ0v) is 20.4. The number of methoxy groups -OCH3 is 1. The van der Waals surface area contributed by atoms with Gasteiger partial charge in [0.05, 0.1) is 7.11 Å². The van der Waals surface area contributed by atoms with Crippen molar-refractivity contribution >= 4 is 24.4 Å². The lowest BCUT2D eigenvalue weighted by Gasteiger charge is -2.18. The minimum atomic E-state index is -1.17. The molecule has 2 aromatic carbocycles. The van der Waals surface area contributed by atoms with Crippen LogP contribution in [0.5, 0.6) is 5.75 Å². The van der Waals surface area contributed by atoms with Crippen molar-refractivity contribution in [1.82, 2.24) is 10.6 Å². The fourth-order valence-electron chi connectivity index (χ4n) is 3.40. The molecule has 0 saturated carbocycles. The largest absolute Gasteiger partial charge is 0.497 e. The number of hydrogen-bond donors (Lipinski definition) is 3. The van der Waals surface area contributed by atoms with Crippen molar-refractivity contribution in [2.45, 2.75) is 51.4 Å². The lowest BCUT2D eigenvalue weighted by Crippen LogP contribution is -2.42. The van der Waals surface area contributed by atoms with E-state index in [0.717, 1.165) is 16.9 Å². The highest BCUT2D eigenvalue weighted by molar-refractivity contribution is 5.94. The van der Waals surface area contributed by atoms with E-state index in [1.54, 1.807) is 26.2 Å². The summed E-state index contributed by atoms with van der Waals surface area (Å²) in [7, 11) is 1.61. The predicted octanol–water partition coefficient (Wildman–Crippen LogP) is 3.74. The summed E-state index contributed by atoms with van der Waals surface area (Å²) in [6, 6.07) is 13.8. The molecule has 0 aromatic heterocycles. The quantitative estimate of drug-likeness (QED) is 0.191. The van der Waals surface area contributed by atoms with Crippen LogP contribution < -0.4 is 15.4 Å². The van der Waals surface area contributed by atoms with Crippen molar-refractivity contribution in [2.75, 3.05) is 13.7 Å². The Labute approximate surface area is 209 Å². The first-order chi connectivity index (χ1) is 17.4. The molecule has 2 atom stereocenters. The normalized spacial score (nSPS) is 12.1. The van der Waals surface area contributed by atoms with Crippen molar-refractivity contribution in [3.63, 3.8) is 0 Å². The molecule has 10 nitrogen and oxygen atoms in total. The first-order valence-electron chi connectivity index (χ1n) is 11.7. The zero-order chi connectivity index (χ0) is 26.3. The van der Waals surface area contributed by atoms with Gasteiger partial charge in [-0.3, -0.25) is 9.59 Å². The average molecular weight is 501 g/mol. The van der Waals surface area contributed by atoms with E-state index in [0.29, 0.717) is 31.4 Å². The molecule has 3 N–H and O–H groups in total. The van der Waals surface area contributed by atoms with E-state index in [1.807, 2.05) is 36.4 Å². The molecule has 0 unspecified atom stereocenters. The summed E-state index contributed by atoms with van der Waals surface area (Å²) in [5, 5.41) is 14.2. The van der Waals surface area contributed by atoms with Gasteiger partial charge in [-0.25, -0.2) is 9.59 Å². The molecule has 2 amide bonds. The fraction of sp³-hybridized carbons (Fsp3) is 0.385. The summed E-state index contributed by atoms with van der Waals surface area (Å²) in [6.07, 6.45) is -0.0945. The highest BCUT2D eigenvalue weighted by Gasteiger charge is 2.22. The number of carbonyl (C=O) groups excluding carboxylic acids is 3. The first-order valence-corrected chi connectivity index (χ1v) is 11.7. The van der Waals surface area contributed by atoms with E-state index >= 15 is 0 Å². The minimum Gasteiger partial charge on any atom is -0.497 e. The number of unbranched alkanes of at least 4 members (excludes halogenated alkanes) is 1. The van der Waals surface area contributed by atoms with Crippen molar-refractivity contribution in [2.24, 2.45) is 0 Å². The van der Waals surface area contributed by atoms with Gasteiger partial charge in [-0.05, 0) is 54.7 Å². The van der Waals surface area contributed by atoms with E-state index < -0.39 is 24.4 Å². The zero-order valence-electron chi connectivity index (χ0n) is 20.4. The van der Waals surface area contributed by atoms with Gasteiger partial charge in [0, 0.05) is 18.5 Å². The molecule has 2 rings (SSSR count). The van der Waals surface area contributed by atoms with E-state index in [2.05, 4.69) is 10.6 Å². The number of aliphatic carboxylic acids is 1. The monoisotopic (exact) mass is 500 g/mol. The second-order valence-corrected chi connectivity index (χ2v) is 7.95. The topological polar surface area (TPSA) is 140 Å². The van der Waals surface area contributed by atoms with Crippen LogP contribution in [-0.2, 0) is 19.1 Å². The molecule has 0 aliphatic rings. The third kappa shape index (κ3) is 9.28. The molecular weight excluding hydrogens is 468 g/mol. The number of carbonyl (C=O) groups is 4. The van der Waals surface area contributed by atoms with Crippen LogP contribution in [0.1, 0.15) is 49.4 Å². The van der Waals surface area contributed by atoms with Crippen LogP contribution >= 0.6 is 0 Å². The fourth-order valence-corrected chi connectivity index (χ4v) is 3.40. The predicted molar refractivity (Wildman–Crippen MR) is 131 cm³/mol. The Balaban J connectivity index is 1.75. The van der Waals surface area contributed by atoms with Crippen molar-refractivity contribution in [3.05, 3.63) is 54.1 Å². The maximum Gasteiger partial charge on any atom is 0.410 e. The summed E-state index contributed by atoms with van der Waals surface area (Å²) in [4.78, 5) is 46.2. The molecule has 0 aliphatic carbocycles. The number of benzene rings is 2. The van der Waals surface area contributed by atoms with Gasteiger partial charge >= 0.3 is 12.1 Å². The molecule has 0 aliphatic heterocycles. The molecule has 10 heteroatoms. The summed E-state index contributed by atoms with van der Waals surface area (Å²) in [6.45, 7) is 2.32. The van der Waals surface area contributed by atoms with Crippen molar-refractivity contribution in [3.8, 4) is 16.9 Å². The second kappa shape index (κ2) is 15.0. The van der Waals surface area contributed by atoms with Gasteiger partial charge in [0.1, 0.15) is 11.8 Å². The maximum absolute atomic E-state index is 12.4. The summed E-state index contributed by atoms with van der Waals surface area (Å²) in [5.41, 5.74) is 2.51. The van der Waals surface area contributed by atoms with Gasteiger partial charge in [0.2, 0.25) is 6.29 Å². The van der Waals surface area contributed by atoms with Crippen molar-refractivity contribution < 1.29 is 38.5 Å². The summed E-state index contributed by atoms with van der Waals surface area (Å²) < 4.78 is 14.9. The Hall–Kier alpha value is -4.08. The maximum atomic E-state index is 12.4. The van der Waals surface area contributed by atoms with Crippen LogP contribution in [-0.4, -0.2) is 55.5 Å². The van der Waals surface area contributed by atoms with Crippen LogP contribution in [0, 0.1) is 0 Å². The molecule has 0 spiro atoms. The molecule has 36 heavy (non-hydrogen) atoms. The van der Waals surface area contributed by atoms with Gasteiger partial charge in [-0.15, -0.1) is 0 Å². The minimum absolute atomic E-state index is 0.163. The number of alkyl carbamates (subject to hydrolysis) is 1. The molecular formula is C26H32N2O8. The van der Waals surface area contributed by atoms with Gasteiger partial charge in [-0.2, -0.15) is 0 Å². The second-order valence-electron chi connectivity index (χ2n) is 7.95.